The molecule has 0 bridgehead atoms. The fourth-order valence-corrected chi connectivity index (χ4v) is 3.81. The maximum atomic E-state index is 2.18. The van der Waals surface area contributed by atoms with Crippen LogP contribution in [0.1, 0.15) is 52.8 Å². The fraction of sp³-hybridized carbons (Fsp3) is 0.250. The molecule has 0 unspecified atom stereocenters. The molecule has 0 amide bonds. The topological polar surface area (TPSA) is 0 Å². The van der Waals surface area contributed by atoms with E-state index in [1.165, 1.54) is 42.8 Å². The number of fused-ring (bicyclic) bond motifs is 1. The molecule has 0 saturated heterocycles. The van der Waals surface area contributed by atoms with Crippen molar-refractivity contribution in [3.05, 3.63) is 123 Å². The van der Waals surface area contributed by atoms with Gasteiger partial charge in [-0.15, -0.1) is 11.3 Å². The number of hydrogen-bond acceptors (Lipinski definition) is 1. The van der Waals surface area contributed by atoms with Gasteiger partial charge in [-0.1, -0.05) is 90.5 Å². The van der Waals surface area contributed by atoms with Gasteiger partial charge in [-0.2, -0.15) is 0 Å². The van der Waals surface area contributed by atoms with Crippen molar-refractivity contribution in [2.45, 2.75) is 55.4 Å². The standard InChI is InChI=1S/C12H12.C10H12.C6H8S.C4H8/c1-9-7-8-10(2)12-6-4-3-5-11(9)12;1-3-4-10-7-5-9(2)6-8-10;1-5-3-4-6(2)7-5;1-3-4-2/h3-8H,1-2H3;3-8H,1-2H3;3-4H,1-2H3;3-4H,1-2H3/b;4-3+;;4-3+. The number of benzene rings is 3. The lowest BCUT2D eigenvalue weighted by atomic mass is 10.0. The molecule has 1 heteroatoms. The second kappa shape index (κ2) is 15.8. The van der Waals surface area contributed by atoms with Crippen molar-refractivity contribution in [3.8, 4) is 0 Å². The molecule has 0 atom stereocenters. The molecule has 0 nitrogen and oxygen atoms in total. The number of hydrogen-bond donors (Lipinski definition) is 0. The van der Waals surface area contributed by atoms with E-state index in [2.05, 4.69) is 113 Å². The number of rotatable bonds is 1. The molecule has 0 radical (unpaired) electrons. The summed E-state index contributed by atoms with van der Waals surface area (Å²) in [5.74, 6) is 0. The van der Waals surface area contributed by atoms with Gasteiger partial charge in [0.2, 0.25) is 0 Å². The van der Waals surface area contributed by atoms with Crippen LogP contribution in [0.2, 0.25) is 0 Å². The Morgan fingerprint density at radius 2 is 0.970 bits per heavy atom. The number of thiophene rings is 1. The molecule has 3 aromatic carbocycles. The smallest absolute Gasteiger partial charge is 0.00170 e. The molecule has 0 spiro atoms. The minimum absolute atomic E-state index is 1.27. The molecule has 33 heavy (non-hydrogen) atoms. The quantitative estimate of drug-likeness (QED) is 0.250. The van der Waals surface area contributed by atoms with Gasteiger partial charge in [-0.25, -0.2) is 0 Å². The first-order valence-corrected chi connectivity index (χ1v) is 12.4. The van der Waals surface area contributed by atoms with E-state index in [1.807, 2.05) is 50.3 Å². The Kier molecular flexibility index (Phi) is 13.5. The second-order valence-electron chi connectivity index (χ2n) is 7.98. The first kappa shape index (κ1) is 28.1. The zero-order valence-corrected chi connectivity index (χ0v) is 22.5. The van der Waals surface area contributed by atoms with Crippen LogP contribution < -0.4 is 0 Å². The van der Waals surface area contributed by atoms with E-state index in [0.717, 1.165) is 0 Å². The van der Waals surface area contributed by atoms with Crippen molar-refractivity contribution in [1.29, 1.82) is 0 Å². The maximum Gasteiger partial charge on any atom is 0.00170 e. The Hall–Kier alpha value is -2.90. The average Bonchev–Trinajstić information content (AvgIpc) is 3.21. The van der Waals surface area contributed by atoms with Crippen LogP contribution in [0.5, 0.6) is 0 Å². The Morgan fingerprint density at radius 3 is 1.30 bits per heavy atom. The van der Waals surface area contributed by atoms with Gasteiger partial charge in [0, 0.05) is 9.75 Å². The Bertz CT molecular complexity index is 1060. The first-order valence-electron chi connectivity index (χ1n) is 11.6. The molecule has 4 rings (SSSR count). The molecule has 1 heterocycles. The third-order valence-corrected chi connectivity index (χ3v) is 5.92. The molecule has 174 valence electrons. The van der Waals surface area contributed by atoms with E-state index >= 15 is 0 Å². The van der Waals surface area contributed by atoms with Crippen LogP contribution in [0.4, 0.5) is 0 Å². The van der Waals surface area contributed by atoms with Crippen LogP contribution in [0, 0.1) is 34.6 Å². The van der Waals surface area contributed by atoms with E-state index in [1.54, 1.807) is 0 Å². The molecule has 0 N–H and O–H groups in total. The normalized spacial score (nSPS) is 10.2. The Balaban J connectivity index is 0.000000235. The summed E-state index contributed by atoms with van der Waals surface area (Å²) < 4.78 is 0. The summed E-state index contributed by atoms with van der Waals surface area (Å²) in [5.41, 5.74) is 5.30. The lowest BCUT2D eigenvalue weighted by Crippen LogP contribution is -1.80. The third kappa shape index (κ3) is 11.0. The minimum atomic E-state index is 1.27. The molecule has 0 fully saturated rings. The molecular formula is C32H40S. The summed E-state index contributed by atoms with van der Waals surface area (Å²) in [6, 6.07) is 25.7. The third-order valence-electron chi connectivity index (χ3n) is 5.00. The number of allylic oxidation sites excluding steroid dienone is 3. The van der Waals surface area contributed by atoms with Crippen LogP contribution in [0.25, 0.3) is 16.8 Å². The van der Waals surface area contributed by atoms with E-state index in [-0.39, 0.29) is 0 Å². The molecule has 0 aliphatic rings. The van der Waals surface area contributed by atoms with Crippen molar-refractivity contribution < 1.29 is 0 Å². The van der Waals surface area contributed by atoms with Gasteiger partial charge in [0.15, 0.2) is 0 Å². The van der Waals surface area contributed by atoms with Crippen molar-refractivity contribution in [3.63, 3.8) is 0 Å². The lowest BCUT2D eigenvalue weighted by molar-refractivity contribution is 1.46. The second-order valence-corrected chi connectivity index (χ2v) is 9.47. The van der Waals surface area contributed by atoms with Crippen LogP contribution in [0.3, 0.4) is 0 Å². The molecule has 0 aliphatic carbocycles. The van der Waals surface area contributed by atoms with Crippen molar-refractivity contribution in [1.82, 2.24) is 0 Å². The highest BCUT2D eigenvalue weighted by Crippen LogP contribution is 2.21. The average molecular weight is 457 g/mol. The summed E-state index contributed by atoms with van der Waals surface area (Å²) >= 11 is 1.84. The van der Waals surface area contributed by atoms with Crippen LogP contribution in [-0.4, -0.2) is 0 Å². The van der Waals surface area contributed by atoms with Gasteiger partial charge in [0.1, 0.15) is 0 Å². The molecular weight excluding hydrogens is 416 g/mol. The van der Waals surface area contributed by atoms with Gasteiger partial charge in [0.05, 0.1) is 0 Å². The minimum Gasteiger partial charge on any atom is -0.146 e. The lowest BCUT2D eigenvalue weighted by Gasteiger charge is -2.03. The van der Waals surface area contributed by atoms with Gasteiger partial charge >= 0.3 is 0 Å². The van der Waals surface area contributed by atoms with Gasteiger partial charge in [-0.05, 0) is 95.0 Å². The van der Waals surface area contributed by atoms with E-state index in [0.29, 0.717) is 0 Å². The zero-order chi connectivity index (χ0) is 24.6. The highest BCUT2D eigenvalue weighted by molar-refractivity contribution is 7.11. The van der Waals surface area contributed by atoms with E-state index in [4.69, 9.17) is 0 Å². The molecule has 4 aromatic rings. The summed E-state index contributed by atoms with van der Waals surface area (Å²) in [4.78, 5) is 2.80. The SMILES string of the molecule is C/C=C/C.C/C=C/c1ccc(C)cc1.Cc1ccc(C)c2ccccc12.Cc1ccc(C)s1. The highest BCUT2D eigenvalue weighted by Gasteiger charge is 1.97. The van der Waals surface area contributed by atoms with Gasteiger partial charge < -0.3 is 0 Å². The van der Waals surface area contributed by atoms with Crippen LogP contribution in [0.15, 0.2) is 91.0 Å². The predicted octanol–water partition coefficient (Wildman–Crippen LogP) is 10.4. The monoisotopic (exact) mass is 456 g/mol. The fourth-order valence-electron chi connectivity index (χ4n) is 3.03. The van der Waals surface area contributed by atoms with Crippen LogP contribution >= 0.6 is 11.3 Å². The van der Waals surface area contributed by atoms with E-state index < -0.39 is 0 Å². The molecule has 0 saturated carbocycles. The maximum absolute atomic E-state index is 2.18. The van der Waals surface area contributed by atoms with Crippen molar-refractivity contribution >= 4 is 28.2 Å². The summed E-state index contributed by atoms with van der Waals surface area (Å²) in [6.45, 7) is 16.7. The zero-order valence-electron chi connectivity index (χ0n) is 21.6. The summed E-state index contributed by atoms with van der Waals surface area (Å²) in [5, 5.41) is 2.75. The summed E-state index contributed by atoms with van der Waals surface area (Å²) in [7, 11) is 0. The highest BCUT2D eigenvalue weighted by atomic mass is 32.1. The van der Waals surface area contributed by atoms with E-state index in [9.17, 15) is 0 Å². The number of aryl methyl sites for hydroxylation is 5. The van der Waals surface area contributed by atoms with Crippen molar-refractivity contribution in [2.75, 3.05) is 0 Å². The van der Waals surface area contributed by atoms with Crippen molar-refractivity contribution in [2.24, 2.45) is 0 Å². The molecule has 0 aliphatic heterocycles. The Morgan fingerprint density at radius 1 is 0.515 bits per heavy atom. The van der Waals surface area contributed by atoms with Gasteiger partial charge in [0.25, 0.3) is 0 Å². The van der Waals surface area contributed by atoms with Gasteiger partial charge in [-0.3, -0.25) is 0 Å². The first-order chi connectivity index (χ1) is 15.8. The largest absolute Gasteiger partial charge is 0.146 e. The summed E-state index contributed by atoms with van der Waals surface area (Å²) in [6.07, 6.45) is 8.14. The van der Waals surface area contributed by atoms with Crippen LogP contribution in [-0.2, 0) is 0 Å². The molecule has 1 aromatic heterocycles. The Labute approximate surface area is 206 Å². The predicted molar refractivity (Wildman–Crippen MR) is 154 cm³/mol.